The van der Waals surface area contributed by atoms with Crippen molar-refractivity contribution < 1.29 is 9.59 Å². The van der Waals surface area contributed by atoms with E-state index in [9.17, 15) is 9.59 Å². The molecule has 0 bridgehead atoms. The number of para-hydroxylation sites is 1. The minimum absolute atomic E-state index is 0.0202. The van der Waals surface area contributed by atoms with E-state index in [2.05, 4.69) is 15.6 Å². The number of carbonyl (C=O) groups excluding carboxylic acids is 2. The summed E-state index contributed by atoms with van der Waals surface area (Å²) >= 11 is 0. The molecule has 0 spiro atoms. The van der Waals surface area contributed by atoms with Crippen molar-refractivity contribution in [2.24, 2.45) is 0 Å². The van der Waals surface area contributed by atoms with Crippen LogP contribution in [-0.4, -0.2) is 29.5 Å². The van der Waals surface area contributed by atoms with Gasteiger partial charge in [0.15, 0.2) is 0 Å². The van der Waals surface area contributed by atoms with Crippen molar-refractivity contribution in [2.45, 2.75) is 25.4 Å². The largest absolute Gasteiger partial charge is 0.333 e. The van der Waals surface area contributed by atoms with Crippen molar-refractivity contribution >= 4 is 17.6 Å². The van der Waals surface area contributed by atoms with E-state index in [1.165, 1.54) is 0 Å². The highest BCUT2D eigenvalue weighted by molar-refractivity contribution is 5.96. The molecule has 1 aliphatic rings. The van der Waals surface area contributed by atoms with Crippen LogP contribution in [-0.2, 0) is 4.79 Å². The molecule has 2 atom stereocenters. The molecule has 24 heavy (non-hydrogen) atoms. The Balaban J connectivity index is 1.55. The number of rotatable bonds is 4. The summed E-state index contributed by atoms with van der Waals surface area (Å²) in [5.74, 6) is 0.0202. The van der Waals surface area contributed by atoms with Crippen molar-refractivity contribution in [1.82, 2.24) is 15.6 Å². The number of anilines is 1. The van der Waals surface area contributed by atoms with Crippen LogP contribution in [0.3, 0.4) is 0 Å². The lowest BCUT2D eigenvalue weighted by Gasteiger charge is -2.19. The molecule has 3 rings (SSSR count). The Morgan fingerprint density at radius 1 is 1.25 bits per heavy atom. The number of amides is 3. The number of nitrogens with one attached hydrogen (secondary N) is 2. The first-order valence-corrected chi connectivity index (χ1v) is 7.96. The minimum Gasteiger partial charge on any atom is -0.333 e. The van der Waals surface area contributed by atoms with Gasteiger partial charge in [-0.3, -0.25) is 9.78 Å². The van der Waals surface area contributed by atoms with Gasteiger partial charge in [-0.1, -0.05) is 24.3 Å². The fourth-order valence-electron chi connectivity index (χ4n) is 2.80. The minimum atomic E-state index is -0.279. The Kier molecular flexibility index (Phi) is 4.74. The van der Waals surface area contributed by atoms with Crippen LogP contribution < -0.4 is 15.5 Å². The maximum atomic E-state index is 12.2. The molecule has 124 valence electrons. The van der Waals surface area contributed by atoms with Crippen LogP contribution in [0.2, 0.25) is 0 Å². The highest BCUT2D eigenvalue weighted by atomic mass is 16.2. The van der Waals surface area contributed by atoms with Gasteiger partial charge in [0.25, 0.3) is 0 Å². The van der Waals surface area contributed by atoms with E-state index in [1.807, 2.05) is 49.4 Å². The number of nitrogens with zero attached hydrogens (tertiary/aromatic N) is 2. The van der Waals surface area contributed by atoms with Gasteiger partial charge in [0.2, 0.25) is 5.91 Å². The Bertz CT molecular complexity index is 705. The van der Waals surface area contributed by atoms with Crippen LogP contribution in [0.15, 0.2) is 54.9 Å². The number of benzene rings is 1. The van der Waals surface area contributed by atoms with Crippen molar-refractivity contribution in [2.75, 3.05) is 11.4 Å². The molecule has 6 heteroatoms. The SMILES string of the molecule is C[C@H](NC(=O)N[C@H]1CC(=O)N(c2ccccc2)C1)c1cccnc1. The molecule has 6 nitrogen and oxygen atoms in total. The van der Waals surface area contributed by atoms with E-state index in [0.717, 1.165) is 11.3 Å². The summed E-state index contributed by atoms with van der Waals surface area (Å²) < 4.78 is 0. The molecule has 1 aromatic carbocycles. The lowest BCUT2D eigenvalue weighted by atomic mass is 10.1. The zero-order valence-electron chi connectivity index (χ0n) is 13.5. The van der Waals surface area contributed by atoms with E-state index in [4.69, 9.17) is 0 Å². The van der Waals surface area contributed by atoms with E-state index < -0.39 is 0 Å². The molecule has 2 aromatic rings. The van der Waals surface area contributed by atoms with Crippen molar-refractivity contribution in [3.63, 3.8) is 0 Å². The van der Waals surface area contributed by atoms with Gasteiger partial charge in [-0.2, -0.15) is 0 Å². The molecule has 1 aromatic heterocycles. The van der Waals surface area contributed by atoms with E-state index >= 15 is 0 Å². The van der Waals surface area contributed by atoms with Gasteiger partial charge in [-0.25, -0.2) is 4.79 Å². The first-order valence-electron chi connectivity index (χ1n) is 7.96. The second-order valence-corrected chi connectivity index (χ2v) is 5.87. The molecular weight excluding hydrogens is 304 g/mol. The summed E-state index contributed by atoms with van der Waals surface area (Å²) in [6.07, 6.45) is 3.73. The van der Waals surface area contributed by atoms with Crippen LogP contribution in [0.25, 0.3) is 0 Å². The second-order valence-electron chi connectivity index (χ2n) is 5.87. The smallest absolute Gasteiger partial charge is 0.315 e. The van der Waals surface area contributed by atoms with Gasteiger partial charge in [0.05, 0.1) is 12.1 Å². The van der Waals surface area contributed by atoms with Crippen LogP contribution in [0, 0.1) is 0 Å². The quantitative estimate of drug-likeness (QED) is 0.906. The summed E-state index contributed by atoms with van der Waals surface area (Å²) in [6.45, 7) is 2.38. The van der Waals surface area contributed by atoms with E-state index in [-0.39, 0.29) is 24.0 Å². The average Bonchev–Trinajstić information content (AvgIpc) is 2.96. The zero-order chi connectivity index (χ0) is 16.9. The normalized spacial score (nSPS) is 18.3. The number of aromatic nitrogens is 1. The van der Waals surface area contributed by atoms with Crippen LogP contribution in [0.1, 0.15) is 24.9 Å². The molecule has 2 N–H and O–H groups in total. The molecule has 0 aliphatic carbocycles. The zero-order valence-corrected chi connectivity index (χ0v) is 13.5. The Hall–Kier alpha value is -2.89. The van der Waals surface area contributed by atoms with E-state index in [0.29, 0.717) is 13.0 Å². The number of carbonyl (C=O) groups is 2. The number of pyridine rings is 1. The molecule has 1 saturated heterocycles. The molecule has 2 heterocycles. The van der Waals surface area contributed by atoms with Gasteiger partial charge in [-0.15, -0.1) is 0 Å². The lowest BCUT2D eigenvalue weighted by molar-refractivity contribution is -0.117. The average molecular weight is 324 g/mol. The third-order valence-corrected chi connectivity index (χ3v) is 4.06. The summed E-state index contributed by atoms with van der Waals surface area (Å²) in [4.78, 5) is 30.1. The summed E-state index contributed by atoms with van der Waals surface area (Å²) in [6, 6.07) is 12.6. The van der Waals surface area contributed by atoms with Crippen molar-refractivity contribution in [3.8, 4) is 0 Å². The number of hydrogen-bond donors (Lipinski definition) is 2. The third kappa shape index (κ3) is 3.71. The van der Waals surface area contributed by atoms with Crippen molar-refractivity contribution in [3.05, 3.63) is 60.4 Å². The van der Waals surface area contributed by atoms with Gasteiger partial charge in [-0.05, 0) is 30.7 Å². The first kappa shape index (κ1) is 16.0. The second kappa shape index (κ2) is 7.12. The fraction of sp³-hybridized carbons (Fsp3) is 0.278. The van der Waals surface area contributed by atoms with Gasteiger partial charge in [0, 0.05) is 31.0 Å². The fourth-order valence-corrected chi connectivity index (χ4v) is 2.80. The Labute approximate surface area is 140 Å². The molecular formula is C18H20N4O2. The predicted molar refractivity (Wildman–Crippen MR) is 91.5 cm³/mol. The van der Waals surface area contributed by atoms with Crippen molar-refractivity contribution in [1.29, 1.82) is 0 Å². The molecule has 0 unspecified atom stereocenters. The van der Waals surface area contributed by atoms with Crippen LogP contribution in [0.4, 0.5) is 10.5 Å². The predicted octanol–water partition coefficient (Wildman–Crippen LogP) is 2.25. The highest BCUT2D eigenvalue weighted by Gasteiger charge is 2.31. The Morgan fingerprint density at radius 3 is 2.75 bits per heavy atom. The van der Waals surface area contributed by atoms with Gasteiger partial charge in [0.1, 0.15) is 0 Å². The van der Waals surface area contributed by atoms with Crippen LogP contribution in [0.5, 0.6) is 0 Å². The van der Waals surface area contributed by atoms with E-state index in [1.54, 1.807) is 17.3 Å². The monoisotopic (exact) mass is 324 g/mol. The first-order chi connectivity index (χ1) is 11.6. The third-order valence-electron chi connectivity index (χ3n) is 4.06. The highest BCUT2D eigenvalue weighted by Crippen LogP contribution is 2.21. The maximum absolute atomic E-state index is 12.2. The molecule has 1 aliphatic heterocycles. The number of hydrogen-bond acceptors (Lipinski definition) is 3. The van der Waals surface area contributed by atoms with Crippen LogP contribution >= 0.6 is 0 Å². The summed E-state index contributed by atoms with van der Waals surface area (Å²) in [5, 5.41) is 5.75. The lowest BCUT2D eigenvalue weighted by Crippen LogP contribution is -2.44. The Morgan fingerprint density at radius 2 is 2.04 bits per heavy atom. The molecule has 3 amide bonds. The number of urea groups is 1. The molecule has 0 radical (unpaired) electrons. The standard InChI is InChI=1S/C18H20N4O2/c1-13(14-6-5-9-19-11-14)20-18(24)21-15-10-17(23)22(12-15)16-7-3-2-4-8-16/h2-9,11,13,15H,10,12H2,1H3,(H2,20,21,24)/t13-,15-/m0/s1. The molecule has 0 saturated carbocycles. The topological polar surface area (TPSA) is 74.3 Å². The maximum Gasteiger partial charge on any atom is 0.315 e. The van der Waals surface area contributed by atoms with Gasteiger partial charge >= 0.3 is 6.03 Å². The molecule has 1 fully saturated rings. The van der Waals surface area contributed by atoms with Gasteiger partial charge < -0.3 is 15.5 Å². The summed E-state index contributed by atoms with van der Waals surface area (Å²) in [7, 11) is 0. The summed E-state index contributed by atoms with van der Waals surface area (Å²) in [5.41, 5.74) is 1.79.